The summed E-state index contributed by atoms with van der Waals surface area (Å²) in [5.74, 6) is -0.387. The number of halogens is 4. The van der Waals surface area contributed by atoms with Gasteiger partial charge in [0, 0.05) is 12.1 Å². The van der Waals surface area contributed by atoms with E-state index in [0.29, 0.717) is 11.3 Å². The van der Waals surface area contributed by atoms with Crippen LogP contribution in [-0.4, -0.2) is 15.2 Å². The van der Waals surface area contributed by atoms with Crippen LogP contribution in [0.25, 0.3) is 0 Å². The van der Waals surface area contributed by atoms with E-state index in [9.17, 15) is 22.4 Å². The number of benzene rings is 2. The van der Waals surface area contributed by atoms with Crippen LogP contribution in [0.4, 0.5) is 29.2 Å². The van der Waals surface area contributed by atoms with Gasteiger partial charge in [-0.2, -0.15) is 13.2 Å². The third kappa shape index (κ3) is 4.24. The molecule has 9 heteroatoms. The topological polar surface area (TPSA) is 70.7 Å². The second-order valence-corrected chi connectivity index (χ2v) is 5.45. The molecule has 3 aromatic rings. The standard InChI is InChI=1S/C17H12F4N4O/c18-12-5-1-10(2-6-12)9-14-15(26)23-16(25-24-14)22-13-7-3-11(4-8-13)17(19,20)21/h1-8H,9H2,(H2,22,23,25,26). The SMILES string of the molecule is O=c1[nH]c(Nc2ccc(C(F)(F)F)cc2)nnc1Cc1ccc(F)cc1. The van der Waals surface area contributed by atoms with Gasteiger partial charge in [0.2, 0.25) is 5.95 Å². The second kappa shape index (κ2) is 6.95. The van der Waals surface area contributed by atoms with Gasteiger partial charge in [0.1, 0.15) is 11.5 Å². The maximum atomic E-state index is 12.9. The second-order valence-electron chi connectivity index (χ2n) is 5.45. The molecular weight excluding hydrogens is 352 g/mol. The normalized spacial score (nSPS) is 11.4. The molecule has 26 heavy (non-hydrogen) atoms. The van der Waals surface area contributed by atoms with E-state index in [1.54, 1.807) is 0 Å². The quantitative estimate of drug-likeness (QED) is 0.693. The minimum atomic E-state index is -4.42. The highest BCUT2D eigenvalue weighted by molar-refractivity contribution is 5.53. The monoisotopic (exact) mass is 364 g/mol. The highest BCUT2D eigenvalue weighted by atomic mass is 19.4. The fraction of sp³-hybridized carbons (Fsp3) is 0.118. The molecule has 0 atom stereocenters. The van der Waals surface area contributed by atoms with Crippen LogP contribution in [0, 0.1) is 5.82 Å². The Balaban J connectivity index is 1.73. The molecule has 134 valence electrons. The highest BCUT2D eigenvalue weighted by Gasteiger charge is 2.29. The lowest BCUT2D eigenvalue weighted by molar-refractivity contribution is -0.137. The molecule has 0 aliphatic carbocycles. The Morgan fingerprint density at radius 1 is 0.962 bits per heavy atom. The Labute approximate surface area is 144 Å². The smallest absolute Gasteiger partial charge is 0.324 e. The van der Waals surface area contributed by atoms with Gasteiger partial charge in [0.25, 0.3) is 5.56 Å². The molecule has 5 nitrogen and oxygen atoms in total. The Kier molecular flexibility index (Phi) is 4.70. The first-order chi connectivity index (χ1) is 12.3. The molecule has 0 bridgehead atoms. The van der Waals surface area contributed by atoms with Crippen molar-refractivity contribution in [2.24, 2.45) is 0 Å². The lowest BCUT2D eigenvalue weighted by atomic mass is 10.1. The maximum Gasteiger partial charge on any atom is 0.416 e. The average molecular weight is 364 g/mol. The first-order valence-corrected chi connectivity index (χ1v) is 7.46. The predicted molar refractivity (Wildman–Crippen MR) is 86.6 cm³/mol. The zero-order chi connectivity index (χ0) is 18.7. The first kappa shape index (κ1) is 17.6. The Morgan fingerprint density at radius 3 is 2.19 bits per heavy atom. The summed E-state index contributed by atoms with van der Waals surface area (Å²) < 4.78 is 50.5. The van der Waals surface area contributed by atoms with Gasteiger partial charge in [-0.25, -0.2) is 4.39 Å². The number of aromatic nitrogens is 3. The van der Waals surface area contributed by atoms with Gasteiger partial charge in [-0.3, -0.25) is 9.78 Å². The highest BCUT2D eigenvalue weighted by Crippen LogP contribution is 2.30. The van der Waals surface area contributed by atoms with Crippen molar-refractivity contribution in [3.05, 3.63) is 81.5 Å². The molecule has 2 N–H and O–H groups in total. The lowest BCUT2D eigenvalue weighted by Crippen LogP contribution is -2.18. The molecule has 0 aliphatic heterocycles. The van der Waals surface area contributed by atoms with Gasteiger partial charge in [0.15, 0.2) is 0 Å². The molecule has 2 aromatic carbocycles. The van der Waals surface area contributed by atoms with Gasteiger partial charge in [-0.1, -0.05) is 12.1 Å². The van der Waals surface area contributed by atoms with Crippen molar-refractivity contribution >= 4 is 11.6 Å². The summed E-state index contributed by atoms with van der Waals surface area (Å²) >= 11 is 0. The summed E-state index contributed by atoms with van der Waals surface area (Å²) in [5, 5.41) is 10.3. The van der Waals surface area contributed by atoms with Crippen LogP contribution in [0.5, 0.6) is 0 Å². The van der Waals surface area contributed by atoms with E-state index in [1.165, 1.54) is 36.4 Å². The molecule has 0 spiro atoms. The van der Waals surface area contributed by atoms with Crippen LogP contribution in [0.15, 0.2) is 53.3 Å². The Morgan fingerprint density at radius 2 is 1.62 bits per heavy atom. The Hall–Kier alpha value is -3.23. The van der Waals surface area contributed by atoms with Crippen LogP contribution in [0.2, 0.25) is 0 Å². The van der Waals surface area contributed by atoms with Crippen LogP contribution in [0.1, 0.15) is 16.8 Å². The summed E-state index contributed by atoms with van der Waals surface area (Å²) in [6.07, 6.45) is -4.25. The number of aromatic amines is 1. The molecule has 0 unspecified atom stereocenters. The number of nitrogens with one attached hydrogen (secondary N) is 2. The summed E-state index contributed by atoms with van der Waals surface area (Å²) in [6, 6.07) is 9.88. The third-order valence-corrected chi connectivity index (χ3v) is 3.52. The molecule has 3 rings (SSSR count). The van der Waals surface area contributed by atoms with Crippen LogP contribution in [0.3, 0.4) is 0 Å². The van der Waals surface area contributed by atoms with Crippen LogP contribution in [-0.2, 0) is 12.6 Å². The fourth-order valence-electron chi connectivity index (χ4n) is 2.21. The van der Waals surface area contributed by atoms with Crippen molar-refractivity contribution in [2.75, 3.05) is 5.32 Å². The van der Waals surface area contributed by atoms with Gasteiger partial charge in [0.05, 0.1) is 5.56 Å². The van der Waals surface area contributed by atoms with Crippen molar-refractivity contribution in [3.8, 4) is 0 Å². The minimum absolute atomic E-state index is 0.00221. The molecule has 0 saturated carbocycles. The van der Waals surface area contributed by atoms with E-state index in [2.05, 4.69) is 20.5 Å². The summed E-state index contributed by atoms with van der Waals surface area (Å²) in [4.78, 5) is 14.5. The molecule has 0 saturated heterocycles. The predicted octanol–water partition coefficient (Wildman–Crippen LogP) is 3.66. The van der Waals surface area contributed by atoms with E-state index in [1.807, 2.05) is 0 Å². The van der Waals surface area contributed by atoms with Crippen molar-refractivity contribution in [1.82, 2.24) is 15.2 Å². The molecule has 0 fully saturated rings. The van der Waals surface area contributed by atoms with Gasteiger partial charge in [-0.05, 0) is 42.0 Å². The number of anilines is 2. The van der Waals surface area contributed by atoms with E-state index in [-0.39, 0.29) is 23.9 Å². The third-order valence-electron chi connectivity index (χ3n) is 3.52. The molecule has 0 amide bonds. The average Bonchev–Trinajstić information content (AvgIpc) is 2.59. The van der Waals surface area contributed by atoms with Crippen molar-refractivity contribution in [2.45, 2.75) is 12.6 Å². The number of H-pyrrole nitrogens is 1. The zero-order valence-corrected chi connectivity index (χ0v) is 13.1. The number of nitrogens with zero attached hydrogens (tertiary/aromatic N) is 2. The minimum Gasteiger partial charge on any atom is -0.324 e. The largest absolute Gasteiger partial charge is 0.416 e. The molecule has 1 aromatic heterocycles. The number of hydrogen-bond donors (Lipinski definition) is 2. The van der Waals surface area contributed by atoms with Gasteiger partial charge in [-0.15, -0.1) is 10.2 Å². The fourth-order valence-corrected chi connectivity index (χ4v) is 2.21. The number of rotatable bonds is 4. The van der Waals surface area contributed by atoms with E-state index >= 15 is 0 Å². The van der Waals surface area contributed by atoms with E-state index in [0.717, 1.165) is 12.1 Å². The van der Waals surface area contributed by atoms with Crippen LogP contribution >= 0.6 is 0 Å². The summed E-state index contributed by atoms with van der Waals surface area (Å²) in [6.45, 7) is 0. The van der Waals surface area contributed by atoms with Crippen molar-refractivity contribution < 1.29 is 17.6 Å². The lowest BCUT2D eigenvalue weighted by Gasteiger charge is -2.09. The van der Waals surface area contributed by atoms with E-state index in [4.69, 9.17) is 0 Å². The van der Waals surface area contributed by atoms with Crippen molar-refractivity contribution in [1.29, 1.82) is 0 Å². The first-order valence-electron chi connectivity index (χ1n) is 7.46. The number of hydrogen-bond acceptors (Lipinski definition) is 4. The zero-order valence-electron chi connectivity index (χ0n) is 13.1. The summed E-state index contributed by atoms with van der Waals surface area (Å²) in [7, 11) is 0. The number of alkyl halides is 3. The summed E-state index contributed by atoms with van der Waals surface area (Å²) in [5.41, 5.74) is -0.144. The Bertz CT molecular complexity index is 950. The van der Waals surface area contributed by atoms with Gasteiger partial charge < -0.3 is 5.32 Å². The molecule has 0 radical (unpaired) electrons. The van der Waals surface area contributed by atoms with Crippen molar-refractivity contribution in [3.63, 3.8) is 0 Å². The van der Waals surface area contributed by atoms with Gasteiger partial charge >= 0.3 is 6.18 Å². The maximum absolute atomic E-state index is 12.9. The van der Waals surface area contributed by atoms with E-state index < -0.39 is 17.3 Å². The van der Waals surface area contributed by atoms with Crippen LogP contribution < -0.4 is 10.9 Å². The molecule has 1 heterocycles. The molecular formula is C17H12F4N4O. The molecule has 0 aliphatic rings.